The van der Waals surface area contributed by atoms with Crippen molar-refractivity contribution >= 4 is 6.03 Å². The number of carbonyl (C=O) groups excluding carboxylic acids is 1. The Kier molecular flexibility index (Phi) is 5.66. The molecule has 0 spiro atoms. The van der Waals surface area contributed by atoms with E-state index in [-0.39, 0.29) is 12.1 Å². The summed E-state index contributed by atoms with van der Waals surface area (Å²) < 4.78 is 6.03. The Morgan fingerprint density at radius 2 is 2.00 bits per heavy atom. The zero-order valence-electron chi connectivity index (χ0n) is 14.1. The third kappa shape index (κ3) is 4.91. The molecule has 1 aromatic rings. The lowest BCUT2D eigenvalue weighted by molar-refractivity contribution is 0.186. The van der Waals surface area contributed by atoms with Gasteiger partial charge in [0, 0.05) is 26.1 Å². The Balaban J connectivity index is 1.81. The van der Waals surface area contributed by atoms with E-state index in [1.165, 1.54) is 11.1 Å². The number of carbonyl (C=O) groups is 1. The maximum Gasteiger partial charge on any atom is 0.317 e. The molecule has 1 atom stereocenters. The van der Waals surface area contributed by atoms with E-state index in [0.717, 1.165) is 25.3 Å². The van der Waals surface area contributed by atoms with Gasteiger partial charge >= 0.3 is 6.03 Å². The maximum atomic E-state index is 12.1. The largest absolute Gasteiger partial charge is 0.488 e. The van der Waals surface area contributed by atoms with Crippen molar-refractivity contribution in [3.63, 3.8) is 0 Å². The second kappa shape index (κ2) is 7.49. The summed E-state index contributed by atoms with van der Waals surface area (Å²) in [5.74, 6) is 0.900. The average molecular weight is 305 g/mol. The van der Waals surface area contributed by atoms with Crippen LogP contribution in [-0.4, -0.2) is 62.2 Å². The number of nitrogens with zero attached hydrogens (tertiary/aromatic N) is 2. The van der Waals surface area contributed by atoms with E-state index < -0.39 is 0 Å². The second-order valence-electron chi connectivity index (χ2n) is 6.33. The highest BCUT2D eigenvalue weighted by molar-refractivity contribution is 5.74. The zero-order valence-corrected chi connectivity index (χ0v) is 14.1. The van der Waals surface area contributed by atoms with Crippen LogP contribution >= 0.6 is 0 Å². The van der Waals surface area contributed by atoms with Gasteiger partial charge in [0.25, 0.3) is 0 Å². The van der Waals surface area contributed by atoms with Crippen molar-refractivity contribution in [2.24, 2.45) is 0 Å². The third-order valence-electron chi connectivity index (χ3n) is 3.77. The molecule has 1 saturated heterocycles. The van der Waals surface area contributed by atoms with Crippen molar-refractivity contribution in [1.82, 2.24) is 15.1 Å². The molecule has 2 rings (SSSR count). The summed E-state index contributed by atoms with van der Waals surface area (Å²) in [6.45, 7) is 7.06. The highest BCUT2D eigenvalue weighted by Gasteiger charge is 2.27. The minimum atomic E-state index is 0.00775. The fourth-order valence-corrected chi connectivity index (χ4v) is 2.70. The Morgan fingerprint density at radius 3 is 2.64 bits per heavy atom. The van der Waals surface area contributed by atoms with Gasteiger partial charge in [0.1, 0.15) is 11.9 Å². The molecule has 2 amide bonds. The van der Waals surface area contributed by atoms with Crippen molar-refractivity contribution < 1.29 is 9.53 Å². The van der Waals surface area contributed by atoms with E-state index in [2.05, 4.69) is 30.1 Å². The molecular formula is C17H27N3O2. The molecule has 0 aliphatic carbocycles. The van der Waals surface area contributed by atoms with Gasteiger partial charge in [0.05, 0.1) is 6.54 Å². The Hall–Kier alpha value is -1.75. The first-order chi connectivity index (χ1) is 10.4. The third-order valence-corrected chi connectivity index (χ3v) is 3.77. The highest BCUT2D eigenvalue weighted by Crippen LogP contribution is 2.21. The zero-order chi connectivity index (χ0) is 16.1. The molecule has 0 aromatic heterocycles. The van der Waals surface area contributed by atoms with Crippen LogP contribution in [-0.2, 0) is 0 Å². The fraction of sp³-hybridized carbons (Fsp3) is 0.588. The molecular weight excluding hydrogens is 278 g/mol. The Labute approximate surface area is 133 Å². The monoisotopic (exact) mass is 305 g/mol. The lowest BCUT2D eigenvalue weighted by Crippen LogP contribution is -2.41. The maximum absolute atomic E-state index is 12.1. The van der Waals surface area contributed by atoms with Crippen molar-refractivity contribution in [2.45, 2.75) is 26.4 Å². The van der Waals surface area contributed by atoms with E-state index in [1.54, 1.807) is 0 Å². The summed E-state index contributed by atoms with van der Waals surface area (Å²) in [7, 11) is 3.99. The predicted octanol–water partition coefficient (Wildman–Crippen LogP) is 2.03. The molecule has 22 heavy (non-hydrogen) atoms. The van der Waals surface area contributed by atoms with Crippen LogP contribution < -0.4 is 10.1 Å². The molecule has 0 saturated carbocycles. The van der Waals surface area contributed by atoms with E-state index in [4.69, 9.17) is 4.74 Å². The molecule has 1 aromatic carbocycles. The number of likely N-dealkylation sites (tertiary alicyclic amines) is 1. The summed E-state index contributed by atoms with van der Waals surface area (Å²) in [5.41, 5.74) is 2.40. The van der Waals surface area contributed by atoms with Crippen LogP contribution in [0.2, 0.25) is 0 Å². The number of hydrogen-bond acceptors (Lipinski definition) is 3. The van der Waals surface area contributed by atoms with Crippen LogP contribution in [0, 0.1) is 13.8 Å². The molecule has 1 unspecified atom stereocenters. The number of ether oxygens (including phenoxy) is 1. The Morgan fingerprint density at radius 1 is 1.32 bits per heavy atom. The molecule has 0 bridgehead atoms. The van der Waals surface area contributed by atoms with Crippen LogP contribution in [0.4, 0.5) is 4.79 Å². The van der Waals surface area contributed by atoms with Crippen molar-refractivity contribution in [3.05, 3.63) is 29.3 Å². The molecule has 0 radical (unpaired) electrons. The molecule has 1 N–H and O–H groups in total. The summed E-state index contributed by atoms with van der Waals surface area (Å²) in [5, 5.41) is 2.95. The number of urea groups is 1. The lowest BCUT2D eigenvalue weighted by Gasteiger charge is -2.19. The van der Waals surface area contributed by atoms with Gasteiger partial charge in [-0.1, -0.05) is 6.07 Å². The number of likely N-dealkylation sites (N-methyl/N-ethyl adjacent to an activating group) is 1. The quantitative estimate of drug-likeness (QED) is 0.905. The normalized spacial score (nSPS) is 17.9. The standard InChI is InChI=1S/C17H27N3O2/c1-13-9-14(2)11-16(10-13)22-15-5-7-20(12-15)17(21)18-6-8-19(3)4/h9-11,15H,5-8,12H2,1-4H3,(H,18,21). The topological polar surface area (TPSA) is 44.8 Å². The second-order valence-corrected chi connectivity index (χ2v) is 6.33. The van der Waals surface area contributed by atoms with E-state index >= 15 is 0 Å². The Bertz CT molecular complexity index is 496. The van der Waals surface area contributed by atoms with Gasteiger partial charge in [-0.15, -0.1) is 0 Å². The lowest BCUT2D eigenvalue weighted by atomic mass is 10.1. The van der Waals surface area contributed by atoms with Crippen molar-refractivity contribution in [3.8, 4) is 5.75 Å². The van der Waals surface area contributed by atoms with Gasteiger partial charge in [-0.2, -0.15) is 0 Å². The number of nitrogens with one attached hydrogen (secondary N) is 1. The summed E-state index contributed by atoms with van der Waals surface area (Å²) >= 11 is 0. The molecule has 1 aliphatic rings. The number of hydrogen-bond donors (Lipinski definition) is 1. The number of amides is 2. The first-order valence-electron chi connectivity index (χ1n) is 7.86. The van der Waals surface area contributed by atoms with E-state index in [9.17, 15) is 4.79 Å². The minimum absolute atomic E-state index is 0.00775. The van der Waals surface area contributed by atoms with Crippen LogP contribution in [0.5, 0.6) is 5.75 Å². The van der Waals surface area contributed by atoms with Crippen LogP contribution in [0.25, 0.3) is 0 Å². The molecule has 1 heterocycles. The van der Waals surface area contributed by atoms with Crippen LogP contribution in [0.3, 0.4) is 0 Å². The number of rotatable bonds is 5. The molecule has 5 heteroatoms. The van der Waals surface area contributed by atoms with E-state index in [1.807, 2.05) is 31.1 Å². The number of benzene rings is 1. The van der Waals surface area contributed by atoms with E-state index in [0.29, 0.717) is 13.1 Å². The van der Waals surface area contributed by atoms with Crippen molar-refractivity contribution in [2.75, 3.05) is 40.3 Å². The van der Waals surface area contributed by atoms with Crippen molar-refractivity contribution in [1.29, 1.82) is 0 Å². The first-order valence-corrected chi connectivity index (χ1v) is 7.86. The minimum Gasteiger partial charge on any atom is -0.488 e. The first kappa shape index (κ1) is 16.6. The molecule has 5 nitrogen and oxygen atoms in total. The smallest absolute Gasteiger partial charge is 0.317 e. The van der Waals surface area contributed by atoms with Gasteiger partial charge in [-0.3, -0.25) is 0 Å². The molecule has 122 valence electrons. The summed E-state index contributed by atoms with van der Waals surface area (Å²) in [4.78, 5) is 16.0. The van der Waals surface area contributed by atoms with Gasteiger partial charge in [0.2, 0.25) is 0 Å². The fourth-order valence-electron chi connectivity index (χ4n) is 2.70. The van der Waals surface area contributed by atoms with Gasteiger partial charge < -0.3 is 19.9 Å². The van der Waals surface area contributed by atoms with Gasteiger partial charge in [0.15, 0.2) is 0 Å². The average Bonchev–Trinajstić information content (AvgIpc) is 2.85. The van der Waals surface area contributed by atoms with Crippen LogP contribution in [0.15, 0.2) is 18.2 Å². The summed E-state index contributed by atoms with van der Waals surface area (Å²) in [6.07, 6.45) is 0.967. The molecule has 1 fully saturated rings. The number of aryl methyl sites for hydroxylation is 2. The van der Waals surface area contributed by atoms with Gasteiger partial charge in [-0.25, -0.2) is 4.79 Å². The highest BCUT2D eigenvalue weighted by atomic mass is 16.5. The SMILES string of the molecule is Cc1cc(C)cc(OC2CCN(C(=O)NCCN(C)C)C2)c1. The molecule has 1 aliphatic heterocycles. The van der Waals surface area contributed by atoms with Gasteiger partial charge in [-0.05, 0) is 51.2 Å². The predicted molar refractivity (Wildman–Crippen MR) is 88.5 cm³/mol. The van der Waals surface area contributed by atoms with Crippen LogP contribution in [0.1, 0.15) is 17.5 Å². The summed E-state index contributed by atoms with van der Waals surface area (Å²) in [6, 6.07) is 6.24.